The molecule has 2 nitrogen and oxygen atoms in total. The van der Waals surface area contributed by atoms with Crippen molar-refractivity contribution < 1.29 is 0 Å². The van der Waals surface area contributed by atoms with E-state index in [0.29, 0.717) is 0 Å². The number of benzene rings is 8. The van der Waals surface area contributed by atoms with Crippen molar-refractivity contribution in [3.8, 4) is 22.3 Å². The molecule has 0 aromatic heterocycles. The van der Waals surface area contributed by atoms with Gasteiger partial charge in [-0.15, -0.1) is 0 Å². The van der Waals surface area contributed by atoms with Crippen LogP contribution < -0.4 is 9.80 Å². The van der Waals surface area contributed by atoms with E-state index in [1.165, 1.54) is 89.8 Å². The van der Waals surface area contributed by atoms with Gasteiger partial charge in [0.1, 0.15) is 0 Å². The normalized spacial score (nSPS) is 16.7. The van der Waals surface area contributed by atoms with Gasteiger partial charge in [0.15, 0.2) is 0 Å². The Bertz CT molecular complexity index is 2780. The van der Waals surface area contributed by atoms with Gasteiger partial charge in [0.25, 0.3) is 0 Å². The maximum atomic E-state index is 2.56. The molecule has 0 N–H and O–H groups in total. The van der Waals surface area contributed by atoms with Crippen LogP contribution in [0.4, 0.5) is 34.1 Å². The molecule has 2 heteroatoms. The predicted molar refractivity (Wildman–Crippen MR) is 243 cm³/mol. The van der Waals surface area contributed by atoms with Crippen LogP contribution in [0.15, 0.2) is 194 Å². The fourth-order valence-corrected chi connectivity index (χ4v) is 10.6. The Hall–Kier alpha value is -6.64. The number of hydrogen-bond donors (Lipinski definition) is 0. The minimum absolute atomic E-state index is 0.0398. The first kappa shape index (κ1) is 34.6. The van der Waals surface area contributed by atoms with Crippen LogP contribution in [0.25, 0.3) is 22.3 Å². The quantitative estimate of drug-likeness (QED) is 0.160. The predicted octanol–water partition coefficient (Wildman–Crippen LogP) is 14.8. The summed E-state index contributed by atoms with van der Waals surface area (Å²) < 4.78 is 0. The smallest absolute Gasteiger partial charge is 0.0540 e. The summed E-state index contributed by atoms with van der Waals surface area (Å²) in [5.74, 6) is 0. The Balaban J connectivity index is 1.08. The minimum atomic E-state index is -0.104. The van der Waals surface area contributed by atoms with Gasteiger partial charge in [0.2, 0.25) is 0 Å². The average Bonchev–Trinajstić information content (AvgIpc) is 3.91. The van der Waals surface area contributed by atoms with Crippen LogP contribution in [0.3, 0.4) is 0 Å². The summed E-state index contributed by atoms with van der Waals surface area (Å²) in [6, 6.07) is 72.2. The molecule has 3 aliphatic rings. The molecule has 280 valence electrons. The summed E-state index contributed by atoms with van der Waals surface area (Å²) >= 11 is 0. The molecule has 0 saturated heterocycles. The third-order valence-electron chi connectivity index (χ3n) is 13.5. The van der Waals surface area contributed by atoms with E-state index in [2.05, 4.69) is 218 Å². The van der Waals surface area contributed by atoms with Gasteiger partial charge in [-0.1, -0.05) is 141 Å². The van der Waals surface area contributed by atoms with Crippen LogP contribution in [-0.2, 0) is 23.7 Å². The molecule has 0 aliphatic heterocycles. The standard InChI is InChI=1S/C56H46N2/c1-55(2)50-24-14-12-23-48(50)49-31-30-46(38-53(49)55)58(54-25-15-13-22-47(54)39-16-6-3-7-17-39)45-29-27-41-33-35-56(52(41)37-45)34-32-40-26-28-44(36-51(40)56)57(42-18-8-4-9-19-42)43-20-10-5-11-21-43/h3-31,36-38H,32-35H2,1-2H3/t56-/m1/s1. The second-order valence-corrected chi connectivity index (χ2v) is 16.9. The van der Waals surface area contributed by atoms with Gasteiger partial charge in [-0.2, -0.15) is 0 Å². The third-order valence-corrected chi connectivity index (χ3v) is 13.5. The Morgan fingerprint density at radius 2 is 0.828 bits per heavy atom. The van der Waals surface area contributed by atoms with E-state index >= 15 is 0 Å². The largest absolute Gasteiger partial charge is 0.310 e. The molecule has 0 amide bonds. The molecule has 8 aromatic rings. The summed E-state index contributed by atoms with van der Waals surface area (Å²) in [5, 5.41) is 0. The molecular weight excluding hydrogens is 701 g/mol. The second-order valence-electron chi connectivity index (χ2n) is 16.9. The van der Waals surface area contributed by atoms with E-state index < -0.39 is 0 Å². The number of rotatable bonds is 7. The summed E-state index contributed by atoms with van der Waals surface area (Å²) in [5.41, 5.74) is 20.8. The lowest BCUT2D eigenvalue weighted by Crippen LogP contribution is -2.22. The Morgan fingerprint density at radius 1 is 0.362 bits per heavy atom. The van der Waals surface area contributed by atoms with Crippen molar-refractivity contribution in [2.75, 3.05) is 9.80 Å². The highest BCUT2D eigenvalue weighted by atomic mass is 15.1. The number of fused-ring (bicyclic) bond motifs is 7. The Morgan fingerprint density at radius 3 is 1.45 bits per heavy atom. The maximum Gasteiger partial charge on any atom is 0.0540 e. The Labute approximate surface area is 342 Å². The van der Waals surface area contributed by atoms with Crippen LogP contribution in [0.1, 0.15) is 60.1 Å². The van der Waals surface area contributed by atoms with Gasteiger partial charge in [0.05, 0.1) is 5.69 Å². The van der Waals surface area contributed by atoms with Crippen molar-refractivity contribution >= 4 is 34.1 Å². The number of hydrogen-bond acceptors (Lipinski definition) is 2. The Kier molecular flexibility index (Phi) is 8.05. The first-order valence-electron chi connectivity index (χ1n) is 20.9. The van der Waals surface area contributed by atoms with Gasteiger partial charge in [-0.25, -0.2) is 0 Å². The summed E-state index contributed by atoms with van der Waals surface area (Å²) in [7, 11) is 0. The second kappa shape index (κ2) is 13.5. The van der Waals surface area contributed by atoms with E-state index in [4.69, 9.17) is 0 Å². The fraction of sp³-hybridized carbons (Fsp3) is 0.143. The zero-order valence-corrected chi connectivity index (χ0v) is 33.2. The molecule has 8 aromatic carbocycles. The molecule has 0 radical (unpaired) electrons. The average molecular weight is 747 g/mol. The number of nitrogens with zero attached hydrogens (tertiary/aromatic N) is 2. The lowest BCUT2D eigenvalue weighted by Gasteiger charge is -2.32. The highest BCUT2D eigenvalue weighted by molar-refractivity contribution is 5.91. The van der Waals surface area contributed by atoms with Gasteiger partial charge in [-0.05, 0) is 142 Å². The molecule has 1 spiro atoms. The van der Waals surface area contributed by atoms with Crippen LogP contribution >= 0.6 is 0 Å². The monoisotopic (exact) mass is 746 g/mol. The molecule has 0 unspecified atom stereocenters. The molecular formula is C56H46N2. The van der Waals surface area contributed by atoms with Crippen molar-refractivity contribution in [2.45, 2.75) is 50.4 Å². The molecule has 0 saturated carbocycles. The molecule has 0 heterocycles. The van der Waals surface area contributed by atoms with Gasteiger partial charge >= 0.3 is 0 Å². The minimum Gasteiger partial charge on any atom is -0.310 e. The summed E-state index contributed by atoms with van der Waals surface area (Å²) in [6.45, 7) is 4.76. The highest BCUT2D eigenvalue weighted by Gasteiger charge is 2.45. The molecule has 58 heavy (non-hydrogen) atoms. The van der Waals surface area contributed by atoms with E-state index in [1.807, 2.05) is 0 Å². The van der Waals surface area contributed by atoms with Crippen molar-refractivity contribution in [3.05, 3.63) is 228 Å². The van der Waals surface area contributed by atoms with E-state index in [9.17, 15) is 0 Å². The lowest BCUT2D eigenvalue weighted by atomic mass is 9.76. The molecule has 11 rings (SSSR count). The maximum absolute atomic E-state index is 2.56. The third kappa shape index (κ3) is 5.39. The summed E-state index contributed by atoms with van der Waals surface area (Å²) in [6.07, 6.45) is 4.44. The number of para-hydroxylation sites is 3. The van der Waals surface area contributed by atoms with Crippen molar-refractivity contribution in [3.63, 3.8) is 0 Å². The van der Waals surface area contributed by atoms with E-state index in [-0.39, 0.29) is 10.8 Å². The van der Waals surface area contributed by atoms with Crippen molar-refractivity contribution in [2.24, 2.45) is 0 Å². The lowest BCUT2D eigenvalue weighted by molar-refractivity contribution is 0.507. The van der Waals surface area contributed by atoms with Gasteiger partial charge in [0, 0.05) is 44.8 Å². The summed E-state index contributed by atoms with van der Waals surface area (Å²) in [4.78, 5) is 4.95. The molecule has 1 atom stereocenters. The van der Waals surface area contributed by atoms with Gasteiger partial charge < -0.3 is 9.80 Å². The van der Waals surface area contributed by atoms with Crippen LogP contribution in [0.5, 0.6) is 0 Å². The van der Waals surface area contributed by atoms with Crippen LogP contribution in [-0.4, -0.2) is 0 Å². The van der Waals surface area contributed by atoms with Crippen LogP contribution in [0, 0.1) is 0 Å². The van der Waals surface area contributed by atoms with Crippen LogP contribution in [0.2, 0.25) is 0 Å². The van der Waals surface area contributed by atoms with Gasteiger partial charge in [-0.3, -0.25) is 0 Å². The zero-order valence-electron chi connectivity index (χ0n) is 33.2. The van der Waals surface area contributed by atoms with Crippen molar-refractivity contribution in [1.82, 2.24) is 0 Å². The number of anilines is 6. The SMILES string of the molecule is CC1(C)c2ccccc2-c2ccc(N(c3ccc4c(c3)[C@]3(CCc5ccc(N(c6ccccc6)c6ccccc6)cc53)CC4)c3ccccc3-c3ccccc3)cc21. The van der Waals surface area contributed by atoms with E-state index in [1.54, 1.807) is 0 Å². The zero-order chi connectivity index (χ0) is 38.8. The topological polar surface area (TPSA) is 6.48 Å². The fourth-order valence-electron chi connectivity index (χ4n) is 10.6. The van der Waals surface area contributed by atoms with Crippen molar-refractivity contribution in [1.29, 1.82) is 0 Å². The number of aryl methyl sites for hydroxylation is 2. The van der Waals surface area contributed by atoms with E-state index in [0.717, 1.165) is 25.7 Å². The molecule has 0 fully saturated rings. The molecule has 0 bridgehead atoms. The first-order valence-corrected chi connectivity index (χ1v) is 20.9. The first-order chi connectivity index (χ1) is 28.5. The molecule has 3 aliphatic carbocycles. The highest BCUT2D eigenvalue weighted by Crippen LogP contribution is 2.56.